The fraction of sp³-hybridized carbons (Fsp3) is 0.800. The molecule has 0 radical (unpaired) electrons. The SMILES string of the molecule is c1c(C2CNCCO2)nnn1CC1CC1. The second-order valence-corrected chi connectivity index (χ2v) is 4.37. The van der Waals surface area contributed by atoms with Crippen LogP contribution in [0, 0.1) is 5.92 Å². The molecule has 1 saturated carbocycles. The number of nitrogens with zero attached hydrogens (tertiary/aromatic N) is 3. The molecule has 1 unspecified atom stereocenters. The fourth-order valence-corrected chi connectivity index (χ4v) is 1.87. The highest BCUT2D eigenvalue weighted by molar-refractivity contribution is 5.00. The summed E-state index contributed by atoms with van der Waals surface area (Å²) in [5.74, 6) is 0.838. The molecule has 82 valence electrons. The maximum atomic E-state index is 5.62. The van der Waals surface area contributed by atoms with Gasteiger partial charge in [0.1, 0.15) is 11.8 Å². The van der Waals surface area contributed by atoms with Gasteiger partial charge in [-0.25, -0.2) is 0 Å². The minimum absolute atomic E-state index is 0.0895. The third kappa shape index (κ3) is 2.18. The van der Waals surface area contributed by atoms with Gasteiger partial charge in [0.05, 0.1) is 12.8 Å². The fourth-order valence-electron chi connectivity index (χ4n) is 1.87. The van der Waals surface area contributed by atoms with E-state index < -0.39 is 0 Å². The average molecular weight is 208 g/mol. The molecule has 2 fully saturated rings. The van der Waals surface area contributed by atoms with Crippen molar-refractivity contribution in [1.82, 2.24) is 20.3 Å². The quantitative estimate of drug-likeness (QED) is 0.778. The topological polar surface area (TPSA) is 52.0 Å². The summed E-state index contributed by atoms with van der Waals surface area (Å²) in [6, 6.07) is 0. The predicted octanol–water partition coefficient (Wildman–Crippen LogP) is 0.349. The molecule has 1 aliphatic carbocycles. The molecule has 1 atom stereocenters. The molecule has 1 N–H and O–H groups in total. The van der Waals surface area contributed by atoms with Crippen LogP contribution in [0.4, 0.5) is 0 Å². The smallest absolute Gasteiger partial charge is 0.115 e. The van der Waals surface area contributed by atoms with Gasteiger partial charge in [-0.05, 0) is 18.8 Å². The molecule has 1 aromatic rings. The summed E-state index contributed by atoms with van der Waals surface area (Å²) in [7, 11) is 0. The standard InChI is InChI=1S/C10H16N4O/c1-2-8(1)6-14-7-9(12-13-14)10-5-11-3-4-15-10/h7-8,10-11H,1-6H2. The Kier molecular flexibility index (Phi) is 2.42. The van der Waals surface area contributed by atoms with Crippen molar-refractivity contribution in [3.63, 3.8) is 0 Å². The van der Waals surface area contributed by atoms with Crippen LogP contribution in [0.1, 0.15) is 24.6 Å². The summed E-state index contributed by atoms with van der Waals surface area (Å²) in [4.78, 5) is 0. The average Bonchev–Trinajstić information content (AvgIpc) is 2.96. The maximum Gasteiger partial charge on any atom is 0.115 e. The van der Waals surface area contributed by atoms with E-state index in [-0.39, 0.29) is 6.10 Å². The predicted molar refractivity (Wildman–Crippen MR) is 54.3 cm³/mol. The number of ether oxygens (including phenoxy) is 1. The second kappa shape index (κ2) is 3.90. The lowest BCUT2D eigenvalue weighted by atomic mass is 10.2. The third-order valence-electron chi connectivity index (χ3n) is 2.96. The Hall–Kier alpha value is -0.940. The number of hydrogen-bond donors (Lipinski definition) is 1. The molecular formula is C10H16N4O. The number of rotatable bonds is 3. The van der Waals surface area contributed by atoms with E-state index in [4.69, 9.17) is 4.74 Å². The molecule has 0 amide bonds. The first-order valence-electron chi connectivity index (χ1n) is 5.64. The van der Waals surface area contributed by atoms with Gasteiger partial charge in [-0.3, -0.25) is 4.68 Å². The van der Waals surface area contributed by atoms with Gasteiger partial charge >= 0.3 is 0 Å². The first kappa shape index (κ1) is 9.30. The number of nitrogens with one attached hydrogen (secondary N) is 1. The van der Waals surface area contributed by atoms with Gasteiger partial charge in [0.15, 0.2) is 0 Å². The molecule has 15 heavy (non-hydrogen) atoms. The van der Waals surface area contributed by atoms with Crippen molar-refractivity contribution in [2.24, 2.45) is 5.92 Å². The first-order valence-corrected chi connectivity index (χ1v) is 5.64. The Balaban J connectivity index is 1.65. The molecule has 5 nitrogen and oxygen atoms in total. The zero-order valence-corrected chi connectivity index (χ0v) is 8.72. The Morgan fingerprint density at radius 1 is 1.53 bits per heavy atom. The Morgan fingerprint density at radius 3 is 3.20 bits per heavy atom. The van der Waals surface area contributed by atoms with E-state index >= 15 is 0 Å². The molecule has 0 bridgehead atoms. The highest BCUT2D eigenvalue weighted by Gasteiger charge is 2.24. The van der Waals surface area contributed by atoms with Crippen LogP contribution in [0.25, 0.3) is 0 Å². The maximum absolute atomic E-state index is 5.62. The Labute approximate surface area is 88.8 Å². The Bertz CT molecular complexity index is 328. The lowest BCUT2D eigenvalue weighted by Crippen LogP contribution is -2.33. The first-order chi connectivity index (χ1) is 7.42. The van der Waals surface area contributed by atoms with Crippen LogP contribution in [0.15, 0.2) is 6.20 Å². The van der Waals surface area contributed by atoms with E-state index in [9.17, 15) is 0 Å². The van der Waals surface area contributed by atoms with E-state index in [2.05, 4.69) is 15.6 Å². The van der Waals surface area contributed by atoms with Gasteiger partial charge < -0.3 is 10.1 Å². The van der Waals surface area contributed by atoms with Crippen LogP contribution in [-0.2, 0) is 11.3 Å². The minimum Gasteiger partial charge on any atom is -0.369 e. The minimum atomic E-state index is 0.0895. The van der Waals surface area contributed by atoms with E-state index in [1.165, 1.54) is 12.8 Å². The number of morpholine rings is 1. The molecule has 5 heteroatoms. The van der Waals surface area contributed by atoms with E-state index in [0.29, 0.717) is 0 Å². The highest BCUT2D eigenvalue weighted by Crippen LogP contribution is 2.30. The summed E-state index contributed by atoms with van der Waals surface area (Å²) in [5, 5.41) is 11.6. The molecule has 0 aromatic carbocycles. The van der Waals surface area contributed by atoms with E-state index in [1.807, 2.05) is 10.9 Å². The van der Waals surface area contributed by atoms with Crippen molar-refractivity contribution in [3.8, 4) is 0 Å². The van der Waals surface area contributed by atoms with Crippen LogP contribution in [0.5, 0.6) is 0 Å². The van der Waals surface area contributed by atoms with Crippen molar-refractivity contribution >= 4 is 0 Å². The molecule has 0 spiro atoms. The molecular weight excluding hydrogens is 192 g/mol. The van der Waals surface area contributed by atoms with Gasteiger partial charge in [-0.2, -0.15) is 0 Å². The summed E-state index contributed by atoms with van der Waals surface area (Å²) >= 11 is 0. The largest absolute Gasteiger partial charge is 0.369 e. The summed E-state index contributed by atoms with van der Waals surface area (Å²) < 4.78 is 7.57. The zero-order chi connectivity index (χ0) is 10.1. The van der Waals surface area contributed by atoms with Crippen LogP contribution in [0.2, 0.25) is 0 Å². The summed E-state index contributed by atoms with van der Waals surface area (Å²) in [5.41, 5.74) is 0.961. The molecule has 1 saturated heterocycles. The summed E-state index contributed by atoms with van der Waals surface area (Å²) in [6.45, 7) is 3.57. The van der Waals surface area contributed by atoms with Crippen molar-refractivity contribution in [3.05, 3.63) is 11.9 Å². The van der Waals surface area contributed by atoms with Crippen molar-refractivity contribution < 1.29 is 4.74 Å². The van der Waals surface area contributed by atoms with Crippen LogP contribution < -0.4 is 5.32 Å². The van der Waals surface area contributed by atoms with Gasteiger partial charge in [0.25, 0.3) is 0 Å². The molecule has 1 aliphatic heterocycles. The van der Waals surface area contributed by atoms with Crippen molar-refractivity contribution in [2.75, 3.05) is 19.7 Å². The third-order valence-corrected chi connectivity index (χ3v) is 2.96. The molecule has 2 aliphatic rings. The Morgan fingerprint density at radius 2 is 2.47 bits per heavy atom. The van der Waals surface area contributed by atoms with Gasteiger partial charge in [-0.15, -0.1) is 5.10 Å². The second-order valence-electron chi connectivity index (χ2n) is 4.37. The monoisotopic (exact) mass is 208 g/mol. The van der Waals surface area contributed by atoms with Gasteiger partial charge in [-0.1, -0.05) is 5.21 Å². The number of aromatic nitrogens is 3. The van der Waals surface area contributed by atoms with Crippen molar-refractivity contribution in [2.45, 2.75) is 25.5 Å². The van der Waals surface area contributed by atoms with E-state index in [0.717, 1.165) is 37.9 Å². The molecule has 2 heterocycles. The number of hydrogen-bond acceptors (Lipinski definition) is 4. The highest BCUT2D eigenvalue weighted by atomic mass is 16.5. The molecule has 3 rings (SSSR count). The van der Waals surface area contributed by atoms with Crippen LogP contribution in [-0.4, -0.2) is 34.7 Å². The van der Waals surface area contributed by atoms with Crippen LogP contribution >= 0.6 is 0 Å². The van der Waals surface area contributed by atoms with Gasteiger partial charge in [0.2, 0.25) is 0 Å². The summed E-state index contributed by atoms with van der Waals surface area (Å²) in [6.07, 6.45) is 4.80. The molecule has 1 aromatic heterocycles. The van der Waals surface area contributed by atoms with Crippen LogP contribution in [0.3, 0.4) is 0 Å². The van der Waals surface area contributed by atoms with Crippen molar-refractivity contribution in [1.29, 1.82) is 0 Å². The lowest BCUT2D eigenvalue weighted by molar-refractivity contribution is 0.0249. The lowest BCUT2D eigenvalue weighted by Gasteiger charge is -2.21. The normalized spacial score (nSPS) is 26.8. The van der Waals surface area contributed by atoms with E-state index in [1.54, 1.807) is 0 Å². The van der Waals surface area contributed by atoms with Gasteiger partial charge in [0, 0.05) is 19.6 Å². The zero-order valence-electron chi connectivity index (χ0n) is 8.72.